The molecule has 0 unspecified atom stereocenters. The summed E-state index contributed by atoms with van der Waals surface area (Å²) in [4.78, 5) is 0. The molecule has 2 aromatic rings. The quantitative estimate of drug-likeness (QED) is 0.344. The first-order chi connectivity index (χ1) is 9.82. The van der Waals surface area contributed by atoms with Crippen molar-refractivity contribution in [2.24, 2.45) is 0 Å². The Kier molecular flexibility index (Phi) is 2.75. The van der Waals surface area contributed by atoms with Crippen LogP contribution in [0.3, 0.4) is 0 Å². The molecule has 9 heteroatoms. The van der Waals surface area contributed by atoms with Crippen LogP contribution in [0.15, 0.2) is 6.07 Å². The second-order valence-corrected chi connectivity index (χ2v) is 3.93. The number of hydrogen-bond acceptors (Lipinski definition) is 2. The summed E-state index contributed by atoms with van der Waals surface area (Å²) in [7, 11) is 0. The first kappa shape index (κ1) is 13.5. The van der Waals surface area contributed by atoms with Gasteiger partial charge in [-0.1, -0.05) is 0 Å². The predicted molar refractivity (Wildman–Crippen MR) is 52.7 cm³/mol. The summed E-state index contributed by atoms with van der Waals surface area (Å²) < 4.78 is 101. The Morgan fingerprint density at radius 1 is 0.524 bits per heavy atom. The average Bonchev–Trinajstić information content (AvgIpc) is 2.47. The summed E-state index contributed by atoms with van der Waals surface area (Å²) in [6.07, 6.45) is 0. The van der Waals surface area contributed by atoms with Gasteiger partial charge in [0.2, 0.25) is 46.3 Å². The van der Waals surface area contributed by atoms with Gasteiger partial charge in [-0.3, -0.25) is 0 Å². The minimum Gasteiger partial charge on any atom is -0.446 e. The largest absolute Gasteiger partial charge is 0.446 e. The molecule has 0 fully saturated rings. The molecule has 0 radical (unpaired) electrons. The van der Waals surface area contributed by atoms with E-state index in [1.807, 2.05) is 0 Å². The number of halogens is 7. The van der Waals surface area contributed by atoms with E-state index in [-0.39, 0.29) is 6.07 Å². The van der Waals surface area contributed by atoms with E-state index in [2.05, 4.69) is 9.47 Å². The lowest BCUT2D eigenvalue weighted by Gasteiger charge is -2.22. The summed E-state index contributed by atoms with van der Waals surface area (Å²) in [5.74, 6) is -18.4. The minimum absolute atomic E-state index is 0.287. The molecule has 0 spiro atoms. The number of rotatable bonds is 0. The van der Waals surface area contributed by atoms with E-state index in [0.717, 1.165) is 0 Å². The van der Waals surface area contributed by atoms with Gasteiger partial charge >= 0.3 is 0 Å². The molecule has 0 aromatic heterocycles. The third kappa shape index (κ3) is 1.73. The molecular formula is C12HF7O2. The Balaban J connectivity index is 2.27. The molecule has 1 aliphatic heterocycles. The topological polar surface area (TPSA) is 18.5 Å². The van der Waals surface area contributed by atoms with E-state index in [9.17, 15) is 30.7 Å². The molecule has 2 nitrogen and oxygen atoms in total. The zero-order chi connectivity index (χ0) is 15.5. The first-order valence-electron chi connectivity index (χ1n) is 5.22. The highest BCUT2D eigenvalue weighted by Crippen LogP contribution is 2.50. The lowest BCUT2D eigenvalue weighted by atomic mass is 10.2. The highest BCUT2D eigenvalue weighted by Gasteiger charge is 2.35. The summed E-state index contributed by atoms with van der Waals surface area (Å²) in [6.45, 7) is 0. The second-order valence-electron chi connectivity index (χ2n) is 3.93. The van der Waals surface area contributed by atoms with E-state index >= 15 is 0 Å². The van der Waals surface area contributed by atoms with Gasteiger partial charge in [0.05, 0.1) is 0 Å². The molecule has 3 rings (SSSR count). The van der Waals surface area contributed by atoms with Crippen molar-refractivity contribution in [2.75, 3.05) is 0 Å². The van der Waals surface area contributed by atoms with Crippen molar-refractivity contribution in [3.05, 3.63) is 46.8 Å². The molecule has 2 aromatic carbocycles. The van der Waals surface area contributed by atoms with E-state index < -0.39 is 63.7 Å². The molecule has 0 amide bonds. The van der Waals surface area contributed by atoms with Gasteiger partial charge < -0.3 is 9.47 Å². The lowest BCUT2D eigenvalue weighted by molar-refractivity contribution is 0.281. The third-order valence-electron chi connectivity index (χ3n) is 2.68. The van der Waals surface area contributed by atoms with Crippen LogP contribution in [0.4, 0.5) is 30.7 Å². The molecule has 0 saturated carbocycles. The van der Waals surface area contributed by atoms with E-state index in [4.69, 9.17) is 0 Å². The van der Waals surface area contributed by atoms with Crippen LogP contribution in [0, 0.1) is 40.7 Å². The van der Waals surface area contributed by atoms with Gasteiger partial charge in [0.1, 0.15) is 0 Å². The lowest BCUT2D eigenvalue weighted by Crippen LogP contribution is -2.10. The smallest absolute Gasteiger partial charge is 0.212 e. The van der Waals surface area contributed by atoms with Gasteiger partial charge in [0.15, 0.2) is 17.4 Å². The fourth-order valence-electron chi connectivity index (χ4n) is 1.71. The highest BCUT2D eigenvalue weighted by atomic mass is 19.2. The van der Waals surface area contributed by atoms with E-state index in [1.54, 1.807) is 0 Å². The molecule has 1 heterocycles. The number of ether oxygens (including phenoxy) is 2. The van der Waals surface area contributed by atoms with Gasteiger partial charge in [-0.2, -0.15) is 13.2 Å². The summed E-state index contributed by atoms with van der Waals surface area (Å²) >= 11 is 0. The first-order valence-corrected chi connectivity index (χ1v) is 5.22. The van der Waals surface area contributed by atoms with Gasteiger partial charge in [0.25, 0.3) is 0 Å². The number of fused-ring (bicyclic) bond motifs is 2. The SMILES string of the molecule is Fc1cc2c(c(F)c1F)Oc1c(F)c(F)c(F)c(F)c1O2. The Morgan fingerprint density at radius 2 is 1.00 bits per heavy atom. The van der Waals surface area contributed by atoms with E-state index in [1.165, 1.54) is 0 Å². The Morgan fingerprint density at radius 3 is 1.57 bits per heavy atom. The zero-order valence-electron chi connectivity index (χ0n) is 9.54. The molecule has 1 aliphatic rings. The molecule has 21 heavy (non-hydrogen) atoms. The maximum absolute atomic E-state index is 13.5. The third-order valence-corrected chi connectivity index (χ3v) is 2.68. The van der Waals surface area contributed by atoms with Crippen LogP contribution in [0.2, 0.25) is 0 Å². The Hall–Kier alpha value is -2.45. The van der Waals surface area contributed by atoms with Crippen molar-refractivity contribution in [2.45, 2.75) is 0 Å². The van der Waals surface area contributed by atoms with Gasteiger partial charge in [0, 0.05) is 6.07 Å². The predicted octanol–water partition coefficient (Wildman–Crippen LogP) is 4.56. The van der Waals surface area contributed by atoms with Crippen molar-refractivity contribution in [3.63, 3.8) is 0 Å². The number of benzene rings is 2. The minimum atomic E-state index is -2.22. The van der Waals surface area contributed by atoms with Crippen LogP contribution in [0.1, 0.15) is 0 Å². The van der Waals surface area contributed by atoms with Crippen LogP contribution < -0.4 is 9.47 Å². The Labute approximate surface area is 111 Å². The van der Waals surface area contributed by atoms with Crippen molar-refractivity contribution < 1.29 is 40.2 Å². The van der Waals surface area contributed by atoms with Crippen molar-refractivity contribution in [3.8, 4) is 23.0 Å². The van der Waals surface area contributed by atoms with Crippen molar-refractivity contribution in [1.82, 2.24) is 0 Å². The molecule has 0 saturated heterocycles. The highest BCUT2D eigenvalue weighted by molar-refractivity contribution is 5.56. The molecule has 0 aliphatic carbocycles. The molecule has 0 atom stereocenters. The summed E-state index contributed by atoms with van der Waals surface area (Å²) in [6, 6.07) is 0.287. The van der Waals surface area contributed by atoms with Crippen LogP contribution in [-0.2, 0) is 0 Å². The van der Waals surface area contributed by atoms with Gasteiger partial charge in [-0.25, -0.2) is 17.6 Å². The van der Waals surface area contributed by atoms with Crippen LogP contribution in [-0.4, -0.2) is 0 Å². The van der Waals surface area contributed by atoms with Crippen LogP contribution in [0.5, 0.6) is 23.0 Å². The number of hydrogen-bond donors (Lipinski definition) is 0. The Bertz CT molecular complexity index is 788. The zero-order valence-corrected chi connectivity index (χ0v) is 9.54. The fourth-order valence-corrected chi connectivity index (χ4v) is 1.71. The molecule has 110 valence electrons. The average molecular weight is 310 g/mol. The van der Waals surface area contributed by atoms with Gasteiger partial charge in [-0.05, 0) is 0 Å². The maximum Gasteiger partial charge on any atom is 0.212 e. The normalized spacial score (nSPS) is 12.3. The molecule has 0 bridgehead atoms. The van der Waals surface area contributed by atoms with Crippen molar-refractivity contribution in [1.29, 1.82) is 0 Å². The van der Waals surface area contributed by atoms with Gasteiger partial charge in [-0.15, -0.1) is 0 Å². The second kappa shape index (κ2) is 4.27. The fraction of sp³-hybridized carbons (Fsp3) is 0. The summed E-state index contributed by atoms with van der Waals surface area (Å²) in [5.41, 5.74) is 0. The molecular weight excluding hydrogens is 309 g/mol. The standard InChI is InChI=1S/C12HF7O2/c13-2-1-3-10(7(17)4(2)14)21-12-9(19)6(16)5(15)8(18)11(12)20-3/h1H. The van der Waals surface area contributed by atoms with E-state index in [0.29, 0.717) is 0 Å². The van der Waals surface area contributed by atoms with Crippen molar-refractivity contribution >= 4 is 0 Å². The molecule has 0 N–H and O–H groups in total. The maximum atomic E-state index is 13.5. The van der Waals surface area contributed by atoms with Crippen LogP contribution >= 0.6 is 0 Å². The monoisotopic (exact) mass is 310 g/mol. The summed E-state index contributed by atoms with van der Waals surface area (Å²) in [5, 5.41) is 0. The van der Waals surface area contributed by atoms with Crippen LogP contribution in [0.25, 0.3) is 0 Å².